The van der Waals surface area contributed by atoms with E-state index >= 15 is 0 Å². The van der Waals surface area contributed by atoms with E-state index in [1.165, 1.54) is 27.8 Å². The predicted octanol–water partition coefficient (Wildman–Crippen LogP) is 8.83. The minimum atomic E-state index is -0.00605. The molecule has 0 aliphatic rings. The number of ketones is 1. The van der Waals surface area contributed by atoms with Crippen LogP contribution in [0.1, 0.15) is 65.5 Å². The summed E-state index contributed by atoms with van der Waals surface area (Å²) in [4.78, 5) is 15.5. The molecule has 3 aromatic carbocycles. The van der Waals surface area contributed by atoms with E-state index in [0.29, 0.717) is 11.8 Å². The minimum absolute atomic E-state index is 0.00605. The molecule has 0 amide bonds. The van der Waals surface area contributed by atoms with E-state index < -0.39 is 0 Å². The lowest BCUT2D eigenvalue weighted by atomic mass is 9.85. The molecule has 1 aromatic heterocycles. The zero-order valence-electron chi connectivity index (χ0n) is 20.6. The molecule has 0 fully saturated rings. The average molecular weight is 467 g/mol. The maximum Gasteiger partial charge on any atom is 0.176 e. The largest absolute Gasteiger partial charge is 0.293 e. The third-order valence-electron chi connectivity index (χ3n) is 6.53. The lowest BCUT2D eigenvalue weighted by Gasteiger charge is -2.19. The van der Waals surface area contributed by atoms with Gasteiger partial charge in [0.15, 0.2) is 5.78 Å². The van der Waals surface area contributed by atoms with Crippen molar-refractivity contribution in [2.24, 2.45) is 11.8 Å². The monoisotopic (exact) mass is 466 g/mol. The molecule has 1 atom stereocenters. The Bertz CT molecular complexity index is 1230. The molecule has 0 saturated heterocycles. The first kappa shape index (κ1) is 24.2. The Balaban J connectivity index is 1.52. The van der Waals surface area contributed by atoms with Crippen molar-refractivity contribution in [3.8, 4) is 10.4 Å². The Morgan fingerprint density at radius 3 is 2.12 bits per heavy atom. The van der Waals surface area contributed by atoms with Crippen LogP contribution in [0.2, 0.25) is 0 Å². The van der Waals surface area contributed by atoms with Crippen molar-refractivity contribution in [3.05, 3.63) is 118 Å². The van der Waals surface area contributed by atoms with Crippen LogP contribution in [0.15, 0.2) is 91.0 Å². The van der Waals surface area contributed by atoms with E-state index in [9.17, 15) is 4.79 Å². The number of hydrogen-bond acceptors (Lipinski definition) is 2. The fourth-order valence-electron chi connectivity index (χ4n) is 4.44. The van der Waals surface area contributed by atoms with Crippen LogP contribution in [0.25, 0.3) is 10.4 Å². The molecule has 0 spiro atoms. The third kappa shape index (κ3) is 5.93. The van der Waals surface area contributed by atoms with E-state index in [1.54, 1.807) is 11.3 Å². The highest BCUT2D eigenvalue weighted by molar-refractivity contribution is 7.17. The van der Waals surface area contributed by atoms with Crippen LogP contribution < -0.4 is 0 Å². The predicted molar refractivity (Wildman–Crippen MR) is 146 cm³/mol. The van der Waals surface area contributed by atoms with Gasteiger partial charge in [0, 0.05) is 10.8 Å². The maximum absolute atomic E-state index is 13.4. The fraction of sp³-hybridized carbons (Fsp3) is 0.281. The van der Waals surface area contributed by atoms with Crippen LogP contribution in [-0.2, 0) is 12.8 Å². The van der Waals surface area contributed by atoms with Crippen molar-refractivity contribution in [2.45, 2.75) is 46.5 Å². The number of carbonyl (C=O) groups excluding carboxylic acids is 1. The van der Waals surface area contributed by atoms with Crippen molar-refractivity contribution in [2.75, 3.05) is 0 Å². The number of Topliss-reactive ketones (excluding diaryl/α,β-unsaturated/α-hetero) is 1. The van der Waals surface area contributed by atoms with Gasteiger partial charge in [-0.1, -0.05) is 107 Å². The van der Waals surface area contributed by atoms with Gasteiger partial charge in [-0.25, -0.2) is 0 Å². The quantitative estimate of drug-likeness (QED) is 0.225. The third-order valence-corrected chi connectivity index (χ3v) is 7.68. The molecule has 0 radical (unpaired) electrons. The first-order valence-electron chi connectivity index (χ1n) is 12.3. The standard InChI is InChI=1S/C32H34OS/c1-22(2)27-14-8-12-25(19-27)18-26-13-9-15-28(20-26)30-16-17-31(34-30)32(33)29(23(3)4)21-24-10-6-5-7-11-24/h5-17,19-20,22-23,29H,18,21H2,1-4H3. The lowest BCUT2D eigenvalue weighted by Crippen LogP contribution is -2.22. The van der Waals surface area contributed by atoms with E-state index in [-0.39, 0.29) is 11.7 Å². The first-order chi connectivity index (χ1) is 16.4. The van der Waals surface area contributed by atoms with Crippen LogP contribution in [0.5, 0.6) is 0 Å². The van der Waals surface area contributed by atoms with Gasteiger partial charge in [-0.3, -0.25) is 4.79 Å². The topological polar surface area (TPSA) is 17.1 Å². The van der Waals surface area contributed by atoms with Crippen molar-refractivity contribution in [1.29, 1.82) is 0 Å². The molecule has 34 heavy (non-hydrogen) atoms. The molecule has 0 N–H and O–H groups in total. The zero-order valence-corrected chi connectivity index (χ0v) is 21.4. The molecule has 1 nitrogen and oxygen atoms in total. The second-order valence-corrected chi connectivity index (χ2v) is 10.9. The van der Waals surface area contributed by atoms with Crippen molar-refractivity contribution in [1.82, 2.24) is 0 Å². The lowest BCUT2D eigenvalue weighted by molar-refractivity contribution is 0.0889. The summed E-state index contributed by atoms with van der Waals surface area (Å²) in [5.41, 5.74) is 6.42. The summed E-state index contributed by atoms with van der Waals surface area (Å²) in [6, 6.07) is 32.1. The molecule has 0 saturated carbocycles. The summed E-state index contributed by atoms with van der Waals surface area (Å²) in [6.45, 7) is 8.77. The number of thiophene rings is 1. The molecule has 0 bridgehead atoms. The van der Waals surface area contributed by atoms with E-state index in [0.717, 1.165) is 22.6 Å². The second kappa shape index (κ2) is 11.0. The van der Waals surface area contributed by atoms with Gasteiger partial charge in [0.2, 0.25) is 0 Å². The normalized spacial score (nSPS) is 12.3. The fourth-order valence-corrected chi connectivity index (χ4v) is 5.45. The molecule has 4 aromatic rings. The van der Waals surface area contributed by atoms with Gasteiger partial charge in [-0.2, -0.15) is 0 Å². The van der Waals surface area contributed by atoms with Crippen LogP contribution in [0.3, 0.4) is 0 Å². The summed E-state index contributed by atoms with van der Waals surface area (Å²) in [5, 5.41) is 0. The Morgan fingerprint density at radius 2 is 1.41 bits per heavy atom. The van der Waals surface area contributed by atoms with Gasteiger partial charge in [0.05, 0.1) is 4.88 Å². The van der Waals surface area contributed by atoms with Gasteiger partial charge in [0.1, 0.15) is 0 Å². The van der Waals surface area contributed by atoms with Gasteiger partial charge in [0.25, 0.3) is 0 Å². The minimum Gasteiger partial charge on any atom is -0.293 e. The molecule has 4 rings (SSSR count). The average Bonchev–Trinajstić information content (AvgIpc) is 3.33. The smallest absolute Gasteiger partial charge is 0.176 e. The Labute approximate surface area is 208 Å². The first-order valence-corrected chi connectivity index (χ1v) is 13.1. The molecular weight excluding hydrogens is 432 g/mol. The van der Waals surface area contributed by atoms with Gasteiger partial charge in [-0.15, -0.1) is 11.3 Å². The van der Waals surface area contributed by atoms with Gasteiger partial charge >= 0.3 is 0 Å². The number of carbonyl (C=O) groups is 1. The number of benzene rings is 3. The molecular formula is C32H34OS. The molecule has 1 unspecified atom stereocenters. The Hall–Kier alpha value is -2.97. The number of rotatable bonds is 9. The molecule has 174 valence electrons. The summed E-state index contributed by atoms with van der Waals surface area (Å²) in [6.07, 6.45) is 1.70. The second-order valence-electron chi connectivity index (χ2n) is 9.85. The van der Waals surface area contributed by atoms with Crippen LogP contribution in [0.4, 0.5) is 0 Å². The molecule has 0 aliphatic heterocycles. The highest BCUT2D eigenvalue weighted by atomic mass is 32.1. The molecule has 0 aliphatic carbocycles. The molecule has 2 heteroatoms. The molecule has 1 heterocycles. The summed E-state index contributed by atoms with van der Waals surface area (Å²) in [7, 11) is 0. The van der Waals surface area contributed by atoms with Crippen molar-refractivity contribution < 1.29 is 4.79 Å². The zero-order chi connectivity index (χ0) is 24.1. The SMILES string of the molecule is CC(C)c1cccc(Cc2cccc(-c3ccc(C(=O)C(Cc4ccccc4)C(C)C)s3)c2)c1. The number of hydrogen-bond donors (Lipinski definition) is 0. The highest BCUT2D eigenvalue weighted by Gasteiger charge is 2.25. The van der Waals surface area contributed by atoms with Crippen LogP contribution in [0, 0.1) is 11.8 Å². The summed E-state index contributed by atoms with van der Waals surface area (Å²) in [5.74, 6) is 1.08. The Morgan fingerprint density at radius 1 is 0.735 bits per heavy atom. The summed E-state index contributed by atoms with van der Waals surface area (Å²) >= 11 is 1.62. The van der Waals surface area contributed by atoms with Crippen LogP contribution >= 0.6 is 11.3 Å². The summed E-state index contributed by atoms with van der Waals surface area (Å²) < 4.78 is 0. The van der Waals surface area contributed by atoms with Crippen LogP contribution in [-0.4, -0.2) is 5.78 Å². The Kier molecular flexibility index (Phi) is 7.80. The van der Waals surface area contributed by atoms with Gasteiger partial charge in [-0.05, 0) is 64.6 Å². The van der Waals surface area contributed by atoms with E-state index in [2.05, 4.69) is 94.4 Å². The van der Waals surface area contributed by atoms with Crippen molar-refractivity contribution >= 4 is 17.1 Å². The van der Waals surface area contributed by atoms with Gasteiger partial charge < -0.3 is 0 Å². The highest BCUT2D eigenvalue weighted by Crippen LogP contribution is 2.32. The van der Waals surface area contributed by atoms with E-state index in [4.69, 9.17) is 0 Å². The maximum atomic E-state index is 13.4. The van der Waals surface area contributed by atoms with Crippen molar-refractivity contribution in [3.63, 3.8) is 0 Å². The van der Waals surface area contributed by atoms with E-state index in [1.807, 2.05) is 24.3 Å².